The maximum absolute atomic E-state index is 13.0. The van der Waals surface area contributed by atoms with Gasteiger partial charge < -0.3 is 10.2 Å². The van der Waals surface area contributed by atoms with E-state index in [0.29, 0.717) is 16.5 Å². The Morgan fingerprint density at radius 3 is 2.65 bits per heavy atom. The van der Waals surface area contributed by atoms with Crippen molar-refractivity contribution in [2.45, 2.75) is 38.3 Å². The molecule has 140 valence electrons. The molecule has 0 saturated carbocycles. The highest BCUT2D eigenvalue weighted by molar-refractivity contribution is 9.10. The van der Waals surface area contributed by atoms with Crippen LogP contribution in [-0.2, 0) is 14.4 Å². The zero-order valence-corrected chi connectivity index (χ0v) is 16.1. The lowest BCUT2D eigenvalue weighted by Gasteiger charge is -2.27. The van der Waals surface area contributed by atoms with E-state index >= 15 is 0 Å². The first-order chi connectivity index (χ1) is 12.2. The molecule has 26 heavy (non-hydrogen) atoms. The second-order valence-corrected chi connectivity index (χ2v) is 7.93. The number of benzene rings is 1. The Hall–Kier alpha value is -1.93. The first-order valence-corrected chi connectivity index (χ1v) is 9.36. The summed E-state index contributed by atoms with van der Waals surface area (Å²) in [7, 11) is 0. The van der Waals surface area contributed by atoms with E-state index in [4.69, 9.17) is 0 Å². The van der Waals surface area contributed by atoms with E-state index in [1.807, 2.05) is 6.92 Å². The quantitative estimate of drug-likeness (QED) is 0.624. The molecule has 3 N–H and O–H groups in total. The fourth-order valence-corrected chi connectivity index (χ4v) is 4.35. The summed E-state index contributed by atoms with van der Waals surface area (Å²) >= 11 is 3.33. The number of halogens is 1. The number of rotatable bonds is 5. The average Bonchev–Trinajstić information content (AvgIpc) is 3.03. The minimum Gasteiger partial charge on any atom is -0.508 e. The molecule has 2 aliphatic heterocycles. The highest BCUT2D eigenvalue weighted by atomic mass is 79.9. The SMILES string of the molecule is CCCCN1C(=O)[C@@H]2[C@H](c3cc(Br)ccc3O)N[C@@](C)(C(=O)O)[C@H]2C1=O. The van der Waals surface area contributed by atoms with E-state index in [1.165, 1.54) is 17.9 Å². The maximum atomic E-state index is 13.0. The van der Waals surface area contributed by atoms with Gasteiger partial charge in [-0.3, -0.25) is 24.6 Å². The van der Waals surface area contributed by atoms with Crippen LogP contribution in [0.25, 0.3) is 0 Å². The molecule has 3 rings (SSSR count). The van der Waals surface area contributed by atoms with Crippen LogP contribution >= 0.6 is 15.9 Å². The first-order valence-electron chi connectivity index (χ1n) is 8.57. The molecule has 2 amide bonds. The van der Waals surface area contributed by atoms with Crippen molar-refractivity contribution in [3.63, 3.8) is 0 Å². The van der Waals surface area contributed by atoms with Crippen LogP contribution in [0.3, 0.4) is 0 Å². The van der Waals surface area contributed by atoms with Gasteiger partial charge in [0.1, 0.15) is 11.3 Å². The highest BCUT2D eigenvalue weighted by Crippen LogP contribution is 2.50. The number of carbonyl (C=O) groups excluding carboxylic acids is 2. The van der Waals surface area contributed by atoms with Gasteiger partial charge in [0.05, 0.1) is 11.8 Å². The van der Waals surface area contributed by atoms with Gasteiger partial charge in [-0.1, -0.05) is 29.3 Å². The summed E-state index contributed by atoms with van der Waals surface area (Å²) in [5.41, 5.74) is -1.18. The number of hydrogen-bond acceptors (Lipinski definition) is 5. The minimum atomic E-state index is -1.59. The van der Waals surface area contributed by atoms with Crippen molar-refractivity contribution in [2.75, 3.05) is 6.54 Å². The summed E-state index contributed by atoms with van der Waals surface area (Å²) in [5.74, 6) is -3.94. The van der Waals surface area contributed by atoms with Gasteiger partial charge in [0.25, 0.3) is 0 Å². The third-order valence-electron chi connectivity index (χ3n) is 5.38. The van der Waals surface area contributed by atoms with E-state index in [9.17, 15) is 24.6 Å². The molecule has 8 heteroatoms. The third kappa shape index (κ3) is 2.72. The van der Waals surface area contributed by atoms with Crippen LogP contribution in [0.15, 0.2) is 22.7 Å². The Bertz CT molecular complexity index is 783. The second-order valence-electron chi connectivity index (χ2n) is 7.02. The smallest absolute Gasteiger partial charge is 0.324 e. The van der Waals surface area contributed by atoms with Gasteiger partial charge in [-0.25, -0.2) is 0 Å². The molecule has 0 bridgehead atoms. The number of phenolic OH excluding ortho intramolecular Hbond substituents is 1. The van der Waals surface area contributed by atoms with Gasteiger partial charge in [-0.15, -0.1) is 0 Å². The van der Waals surface area contributed by atoms with Crippen molar-refractivity contribution in [2.24, 2.45) is 11.8 Å². The number of carboxylic acid groups (broad SMARTS) is 1. The van der Waals surface area contributed by atoms with Crippen molar-refractivity contribution in [3.8, 4) is 5.75 Å². The van der Waals surface area contributed by atoms with Gasteiger partial charge in [-0.05, 0) is 31.5 Å². The molecule has 2 aliphatic rings. The minimum absolute atomic E-state index is 0.0497. The van der Waals surface area contributed by atoms with Crippen LogP contribution in [0.5, 0.6) is 5.75 Å². The number of imide groups is 1. The molecule has 0 radical (unpaired) electrons. The summed E-state index contributed by atoms with van der Waals surface area (Å²) in [6.45, 7) is 3.67. The van der Waals surface area contributed by atoms with Gasteiger partial charge in [0.2, 0.25) is 11.8 Å². The van der Waals surface area contributed by atoms with Crippen molar-refractivity contribution >= 4 is 33.7 Å². The summed E-state index contributed by atoms with van der Waals surface area (Å²) in [6.07, 6.45) is 1.48. The maximum Gasteiger partial charge on any atom is 0.324 e. The van der Waals surface area contributed by atoms with E-state index in [1.54, 1.807) is 12.1 Å². The number of likely N-dealkylation sites (tertiary alicyclic amines) is 1. The van der Waals surface area contributed by atoms with Crippen LogP contribution in [0.2, 0.25) is 0 Å². The topological polar surface area (TPSA) is 107 Å². The zero-order valence-electron chi connectivity index (χ0n) is 14.5. The number of aliphatic carboxylic acids is 1. The van der Waals surface area contributed by atoms with Crippen LogP contribution in [0, 0.1) is 11.8 Å². The van der Waals surface area contributed by atoms with Crippen LogP contribution < -0.4 is 5.32 Å². The van der Waals surface area contributed by atoms with Crippen LogP contribution in [-0.4, -0.2) is 45.0 Å². The molecule has 2 saturated heterocycles. The van der Waals surface area contributed by atoms with Crippen molar-refractivity contribution in [1.82, 2.24) is 10.2 Å². The molecule has 0 spiro atoms. The van der Waals surface area contributed by atoms with E-state index in [-0.39, 0.29) is 18.2 Å². The molecular formula is C18H21BrN2O5. The number of nitrogens with one attached hydrogen (secondary N) is 1. The van der Waals surface area contributed by atoms with E-state index < -0.39 is 35.3 Å². The number of carbonyl (C=O) groups is 3. The Balaban J connectivity index is 2.08. The number of carboxylic acids is 1. The summed E-state index contributed by atoms with van der Waals surface area (Å²) in [4.78, 5) is 39.0. The molecule has 0 unspecified atom stereocenters. The normalized spacial score (nSPS) is 30.7. The molecule has 1 aromatic rings. The van der Waals surface area contributed by atoms with Gasteiger partial charge in [-0.2, -0.15) is 0 Å². The molecule has 2 fully saturated rings. The number of amides is 2. The summed E-state index contributed by atoms with van der Waals surface area (Å²) < 4.78 is 0.687. The van der Waals surface area contributed by atoms with Gasteiger partial charge in [0, 0.05) is 22.6 Å². The number of hydrogen-bond donors (Lipinski definition) is 3. The van der Waals surface area contributed by atoms with E-state index in [0.717, 1.165) is 6.42 Å². The number of aromatic hydroxyl groups is 1. The van der Waals surface area contributed by atoms with Crippen molar-refractivity contribution < 1.29 is 24.6 Å². The predicted octanol–water partition coefficient (Wildman–Crippen LogP) is 2.04. The fourth-order valence-electron chi connectivity index (χ4n) is 3.97. The molecule has 2 heterocycles. The van der Waals surface area contributed by atoms with Crippen LogP contribution in [0.1, 0.15) is 38.3 Å². The third-order valence-corrected chi connectivity index (χ3v) is 5.88. The highest BCUT2D eigenvalue weighted by Gasteiger charge is 2.66. The first kappa shape index (κ1) is 18.8. The number of phenols is 1. The molecule has 0 aliphatic carbocycles. The lowest BCUT2D eigenvalue weighted by Crippen LogP contribution is -2.53. The Morgan fingerprint density at radius 1 is 1.35 bits per heavy atom. The fraction of sp³-hybridized carbons (Fsp3) is 0.500. The van der Waals surface area contributed by atoms with Crippen molar-refractivity contribution in [1.29, 1.82) is 0 Å². The standard InChI is InChI=1S/C18H21BrN2O5/c1-3-4-7-21-15(23)12-13(16(21)24)18(2,17(25)26)20-14(12)10-8-9(19)5-6-11(10)22/h5-6,8,12-14,20,22H,3-4,7H2,1-2H3,(H,25,26)/t12-,13+,14-,18+/m0/s1. The largest absolute Gasteiger partial charge is 0.508 e. The number of unbranched alkanes of at least 4 members (excludes halogenated alkanes) is 1. The lowest BCUT2D eigenvalue weighted by atomic mass is 9.80. The average molecular weight is 425 g/mol. The zero-order chi connectivity index (χ0) is 19.2. The van der Waals surface area contributed by atoms with E-state index in [2.05, 4.69) is 21.2 Å². The lowest BCUT2D eigenvalue weighted by molar-refractivity contribution is -0.150. The van der Waals surface area contributed by atoms with Gasteiger partial charge in [0.15, 0.2) is 0 Å². The Morgan fingerprint density at radius 2 is 2.04 bits per heavy atom. The van der Waals surface area contributed by atoms with Gasteiger partial charge >= 0.3 is 5.97 Å². The number of nitrogens with zero attached hydrogens (tertiary/aromatic N) is 1. The molecule has 4 atom stereocenters. The summed E-state index contributed by atoms with van der Waals surface area (Å²) in [5, 5.41) is 23.0. The monoisotopic (exact) mass is 424 g/mol. The molecule has 1 aromatic carbocycles. The number of fused-ring (bicyclic) bond motifs is 1. The predicted molar refractivity (Wildman–Crippen MR) is 96.3 cm³/mol. The molecule has 0 aromatic heterocycles. The second kappa shape index (κ2) is 6.66. The molecule has 7 nitrogen and oxygen atoms in total. The van der Waals surface area contributed by atoms with Crippen LogP contribution in [0.4, 0.5) is 0 Å². The Labute approximate surface area is 159 Å². The summed E-state index contributed by atoms with van der Waals surface area (Å²) in [6, 6.07) is 4.01. The molecular weight excluding hydrogens is 404 g/mol. The van der Waals surface area contributed by atoms with Crippen molar-refractivity contribution in [3.05, 3.63) is 28.2 Å². The Kier molecular flexibility index (Phi) is 4.83.